The normalized spacial score (nSPS) is 15.1. The number of anilines is 1. The third-order valence-electron chi connectivity index (χ3n) is 3.85. The van der Waals surface area contributed by atoms with Crippen molar-refractivity contribution >= 4 is 5.82 Å². The monoisotopic (exact) mass is 315 g/mol. The predicted molar refractivity (Wildman–Crippen MR) is 87.0 cm³/mol. The summed E-state index contributed by atoms with van der Waals surface area (Å²) in [4.78, 5) is 8.77. The van der Waals surface area contributed by atoms with Crippen LogP contribution >= 0.6 is 0 Å². The Morgan fingerprint density at radius 1 is 1.22 bits per heavy atom. The van der Waals surface area contributed by atoms with Crippen LogP contribution in [-0.2, 0) is 0 Å². The van der Waals surface area contributed by atoms with Gasteiger partial charge in [-0.15, -0.1) is 0 Å². The van der Waals surface area contributed by atoms with E-state index in [2.05, 4.69) is 15.3 Å². The minimum atomic E-state index is -0.696. The van der Waals surface area contributed by atoms with Crippen molar-refractivity contribution in [1.29, 1.82) is 0 Å². The summed E-state index contributed by atoms with van der Waals surface area (Å²) in [7, 11) is 3.17. The molecule has 0 spiro atoms. The minimum absolute atomic E-state index is 0.345. The van der Waals surface area contributed by atoms with Crippen molar-refractivity contribution in [3.63, 3.8) is 0 Å². The van der Waals surface area contributed by atoms with Crippen molar-refractivity contribution in [1.82, 2.24) is 9.97 Å². The Bertz CT molecular complexity index is 652. The Morgan fingerprint density at radius 3 is 2.52 bits per heavy atom. The van der Waals surface area contributed by atoms with Gasteiger partial charge in [0, 0.05) is 24.7 Å². The van der Waals surface area contributed by atoms with Crippen LogP contribution in [0.2, 0.25) is 0 Å². The van der Waals surface area contributed by atoms with Crippen molar-refractivity contribution in [3.05, 3.63) is 41.9 Å². The number of hydrogen-bond acceptors (Lipinski definition) is 6. The number of ether oxygens (including phenoxy) is 2. The summed E-state index contributed by atoms with van der Waals surface area (Å²) in [6.07, 6.45) is 3.38. The molecule has 0 amide bonds. The number of hydrogen-bond donors (Lipinski definition) is 2. The molecule has 6 heteroatoms. The van der Waals surface area contributed by atoms with Crippen molar-refractivity contribution in [3.8, 4) is 11.5 Å². The van der Waals surface area contributed by atoms with E-state index in [1.807, 2.05) is 6.07 Å². The van der Waals surface area contributed by atoms with Gasteiger partial charge in [-0.3, -0.25) is 0 Å². The van der Waals surface area contributed by atoms with Crippen molar-refractivity contribution in [2.24, 2.45) is 0 Å². The summed E-state index contributed by atoms with van der Waals surface area (Å²) >= 11 is 0. The van der Waals surface area contributed by atoms with Gasteiger partial charge in [-0.2, -0.15) is 0 Å². The SMILES string of the molecule is COc1cc(OC)cc(C(O)CNc2ccnc(C3CC3)n2)c1. The third kappa shape index (κ3) is 3.90. The molecule has 1 saturated carbocycles. The topological polar surface area (TPSA) is 76.5 Å². The number of benzene rings is 1. The van der Waals surface area contributed by atoms with E-state index in [0.29, 0.717) is 24.0 Å². The number of methoxy groups -OCH3 is 2. The molecule has 0 saturated heterocycles. The number of aromatic nitrogens is 2. The Hall–Kier alpha value is -2.34. The van der Waals surface area contributed by atoms with Gasteiger partial charge in [-0.1, -0.05) is 0 Å². The van der Waals surface area contributed by atoms with Gasteiger partial charge in [0.25, 0.3) is 0 Å². The third-order valence-corrected chi connectivity index (χ3v) is 3.85. The van der Waals surface area contributed by atoms with Crippen LogP contribution in [0.5, 0.6) is 11.5 Å². The van der Waals surface area contributed by atoms with Crippen molar-refractivity contribution in [2.45, 2.75) is 24.9 Å². The number of rotatable bonds is 7. The molecule has 6 nitrogen and oxygen atoms in total. The highest BCUT2D eigenvalue weighted by Crippen LogP contribution is 2.38. The lowest BCUT2D eigenvalue weighted by molar-refractivity contribution is 0.190. The molecular weight excluding hydrogens is 294 g/mol. The molecule has 3 rings (SSSR count). The highest BCUT2D eigenvalue weighted by atomic mass is 16.5. The minimum Gasteiger partial charge on any atom is -0.497 e. The Balaban J connectivity index is 1.66. The van der Waals surface area contributed by atoms with E-state index >= 15 is 0 Å². The van der Waals surface area contributed by atoms with Gasteiger partial charge in [0.15, 0.2) is 0 Å². The highest BCUT2D eigenvalue weighted by molar-refractivity contribution is 5.40. The molecule has 122 valence electrons. The average Bonchev–Trinajstić information content (AvgIpc) is 3.44. The fourth-order valence-electron chi connectivity index (χ4n) is 2.35. The summed E-state index contributed by atoms with van der Waals surface area (Å²) < 4.78 is 10.5. The largest absolute Gasteiger partial charge is 0.497 e. The van der Waals surface area contributed by atoms with E-state index in [1.54, 1.807) is 38.6 Å². The summed E-state index contributed by atoms with van der Waals surface area (Å²) in [5, 5.41) is 13.6. The molecule has 0 radical (unpaired) electrons. The molecular formula is C17H21N3O3. The van der Waals surface area contributed by atoms with E-state index in [0.717, 1.165) is 30.0 Å². The van der Waals surface area contributed by atoms with Crippen molar-refractivity contribution < 1.29 is 14.6 Å². The second-order valence-corrected chi connectivity index (χ2v) is 5.62. The first-order chi connectivity index (χ1) is 11.2. The Morgan fingerprint density at radius 2 is 1.91 bits per heavy atom. The second-order valence-electron chi connectivity index (χ2n) is 5.62. The van der Waals surface area contributed by atoms with Crippen LogP contribution in [0.15, 0.2) is 30.5 Å². The van der Waals surface area contributed by atoms with Gasteiger partial charge in [0.1, 0.15) is 23.1 Å². The molecule has 1 aromatic heterocycles. The fraction of sp³-hybridized carbons (Fsp3) is 0.412. The summed E-state index contributed by atoms with van der Waals surface area (Å²) in [6.45, 7) is 0.345. The van der Waals surface area contributed by atoms with Gasteiger partial charge in [0.05, 0.1) is 20.3 Å². The maximum atomic E-state index is 10.4. The Kier molecular flexibility index (Phi) is 4.62. The van der Waals surface area contributed by atoms with Gasteiger partial charge in [-0.25, -0.2) is 9.97 Å². The quantitative estimate of drug-likeness (QED) is 0.817. The Labute approximate surface area is 135 Å². The molecule has 1 aliphatic rings. The fourth-order valence-corrected chi connectivity index (χ4v) is 2.35. The van der Waals surface area contributed by atoms with E-state index in [4.69, 9.17) is 9.47 Å². The van der Waals surface area contributed by atoms with Gasteiger partial charge < -0.3 is 19.9 Å². The summed E-state index contributed by atoms with van der Waals surface area (Å²) in [5.41, 5.74) is 0.727. The smallest absolute Gasteiger partial charge is 0.133 e. The zero-order chi connectivity index (χ0) is 16.2. The number of nitrogens with zero attached hydrogens (tertiary/aromatic N) is 2. The van der Waals surface area contributed by atoms with Crippen LogP contribution < -0.4 is 14.8 Å². The molecule has 1 aliphatic carbocycles. The number of aliphatic hydroxyl groups is 1. The maximum Gasteiger partial charge on any atom is 0.133 e. The molecule has 1 unspecified atom stereocenters. The van der Waals surface area contributed by atoms with Gasteiger partial charge in [-0.05, 0) is 36.6 Å². The lowest BCUT2D eigenvalue weighted by atomic mass is 10.1. The maximum absolute atomic E-state index is 10.4. The molecule has 1 fully saturated rings. The van der Waals surface area contributed by atoms with Crippen LogP contribution in [0.1, 0.15) is 36.3 Å². The molecule has 0 bridgehead atoms. The molecule has 2 aromatic rings. The predicted octanol–water partition coefficient (Wildman–Crippen LogP) is 2.52. The summed E-state index contributed by atoms with van der Waals surface area (Å²) in [6, 6.07) is 7.18. The lowest BCUT2D eigenvalue weighted by Gasteiger charge is -2.15. The van der Waals surface area contributed by atoms with Crippen molar-refractivity contribution in [2.75, 3.05) is 26.1 Å². The highest BCUT2D eigenvalue weighted by Gasteiger charge is 2.26. The molecule has 1 aromatic carbocycles. The van der Waals surface area contributed by atoms with Crippen LogP contribution in [0.3, 0.4) is 0 Å². The molecule has 0 aliphatic heterocycles. The molecule has 2 N–H and O–H groups in total. The zero-order valence-electron chi connectivity index (χ0n) is 13.3. The standard InChI is InChI=1S/C17H21N3O3/c1-22-13-7-12(8-14(9-13)23-2)15(21)10-19-16-5-6-18-17(20-16)11-3-4-11/h5-9,11,15,21H,3-4,10H2,1-2H3,(H,18,19,20). The first-order valence-electron chi connectivity index (χ1n) is 7.67. The zero-order valence-corrected chi connectivity index (χ0v) is 13.3. The molecule has 23 heavy (non-hydrogen) atoms. The first kappa shape index (κ1) is 15.6. The number of nitrogens with one attached hydrogen (secondary N) is 1. The number of aliphatic hydroxyl groups excluding tert-OH is 1. The molecule has 1 heterocycles. The van der Waals surface area contributed by atoms with Gasteiger partial charge >= 0.3 is 0 Å². The van der Waals surface area contributed by atoms with E-state index in [-0.39, 0.29) is 0 Å². The van der Waals surface area contributed by atoms with E-state index < -0.39 is 6.10 Å². The molecule has 1 atom stereocenters. The summed E-state index contributed by atoms with van der Waals surface area (Å²) in [5.74, 6) is 3.42. The average molecular weight is 315 g/mol. The first-order valence-corrected chi connectivity index (χ1v) is 7.67. The van der Waals surface area contributed by atoms with Gasteiger partial charge in [0.2, 0.25) is 0 Å². The van der Waals surface area contributed by atoms with Crippen LogP contribution in [0.4, 0.5) is 5.82 Å². The van der Waals surface area contributed by atoms with Crippen LogP contribution in [-0.4, -0.2) is 35.8 Å². The van der Waals surface area contributed by atoms with E-state index in [1.165, 1.54) is 0 Å². The van der Waals surface area contributed by atoms with Crippen LogP contribution in [0, 0.1) is 0 Å². The lowest BCUT2D eigenvalue weighted by Crippen LogP contribution is -2.13. The van der Waals surface area contributed by atoms with E-state index in [9.17, 15) is 5.11 Å². The van der Waals surface area contributed by atoms with Crippen LogP contribution in [0.25, 0.3) is 0 Å². The second kappa shape index (κ2) is 6.83.